The molecule has 0 saturated carbocycles. The first-order chi connectivity index (χ1) is 12.2. The number of aryl methyl sites for hydroxylation is 2. The Hall–Kier alpha value is -3.42. The SMILES string of the molecule is CNc1cc(-c2cnn(C)c2Oc2ccccc2)nn2c(C)nnc12. The van der Waals surface area contributed by atoms with Crippen LogP contribution in [0.4, 0.5) is 5.69 Å². The summed E-state index contributed by atoms with van der Waals surface area (Å²) < 4.78 is 9.43. The monoisotopic (exact) mass is 335 g/mol. The predicted molar refractivity (Wildman–Crippen MR) is 93.8 cm³/mol. The maximum Gasteiger partial charge on any atom is 0.227 e. The van der Waals surface area contributed by atoms with E-state index in [0.29, 0.717) is 17.4 Å². The number of nitrogens with one attached hydrogen (secondary N) is 1. The van der Waals surface area contributed by atoms with Crippen molar-refractivity contribution in [3.05, 3.63) is 48.4 Å². The number of rotatable bonds is 4. The first kappa shape index (κ1) is 15.1. The molecule has 0 spiro atoms. The van der Waals surface area contributed by atoms with Gasteiger partial charge in [-0.1, -0.05) is 18.2 Å². The van der Waals surface area contributed by atoms with Gasteiger partial charge in [-0.3, -0.25) is 0 Å². The standard InChI is InChI=1S/C17H17N7O/c1-11-20-21-16-15(18-2)9-14(22-24(11)16)13-10-19-23(3)17(13)25-12-7-5-4-6-8-12/h4-10,18H,1-3H3. The van der Waals surface area contributed by atoms with E-state index in [9.17, 15) is 0 Å². The molecular formula is C17H17N7O. The molecule has 126 valence electrons. The molecule has 1 N–H and O–H groups in total. The van der Waals surface area contributed by atoms with Crippen molar-refractivity contribution in [1.29, 1.82) is 0 Å². The molecule has 0 radical (unpaired) electrons. The molecule has 0 aliphatic rings. The molecule has 0 unspecified atom stereocenters. The van der Waals surface area contributed by atoms with Crippen molar-refractivity contribution in [3.8, 4) is 22.9 Å². The lowest BCUT2D eigenvalue weighted by molar-refractivity contribution is 0.432. The molecule has 0 atom stereocenters. The van der Waals surface area contributed by atoms with E-state index < -0.39 is 0 Å². The minimum atomic E-state index is 0.617. The first-order valence-corrected chi connectivity index (χ1v) is 7.83. The molecule has 0 fully saturated rings. The zero-order chi connectivity index (χ0) is 17.4. The van der Waals surface area contributed by atoms with Gasteiger partial charge < -0.3 is 10.1 Å². The molecule has 1 aromatic carbocycles. The van der Waals surface area contributed by atoms with Crippen LogP contribution in [0.5, 0.6) is 11.6 Å². The van der Waals surface area contributed by atoms with E-state index in [1.165, 1.54) is 0 Å². The Balaban J connectivity index is 1.85. The molecule has 3 aromatic heterocycles. The minimum absolute atomic E-state index is 0.617. The summed E-state index contributed by atoms with van der Waals surface area (Å²) in [5.41, 5.74) is 3.02. The van der Waals surface area contributed by atoms with Crippen LogP contribution in [0, 0.1) is 6.92 Å². The fourth-order valence-electron chi connectivity index (χ4n) is 2.62. The van der Waals surface area contributed by atoms with Gasteiger partial charge in [0.2, 0.25) is 11.5 Å². The lowest BCUT2D eigenvalue weighted by atomic mass is 10.2. The fourth-order valence-corrected chi connectivity index (χ4v) is 2.62. The van der Waals surface area contributed by atoms with Crippen LogP contribution in [0.2, 0.25) is 0 Å². The van der Waals surface area contributed by atoms with Crippen molar-refractivity contribution < 1.29 is 4.74 Å². The average Bonchev–Trinajstić information content (AvgIpc) is 3.19. The summed E-state index contributed by atoms with van der Waals surface area (Å²) in [5, 5.41) is 20.4. The van der Waals surface area contributed by atoms with Gasteiger partial charge >= 0.3 is 0 Å². The van der Waals surface area contributed by atoms with Crippen LogP contribution >= 0.6 is 0 Å². The van der Waals surface area contributed by atoms with Crippen LogP contribution in [-0.4, -0.2) is 36.6 Å². The maximum absolute atomic E-state index is 6.03. The van der Waals surface area contributed by atoms with E-state index >= 15 is 0 Å². The van der Waals surface area contributed by atoms with Gasteiger partial charge in [0.05, 0.1) is 17.4 Å². The van der Waals surface area contributed by atoms with Crippen molar-refractivity contribution in [2.45, 2.75) is 6.92 Å². The smallest absolute Gasteiger partial charge is 0.227 e. The summed E-state index contributed by atoms with van der Waals surface area (Å²) in [5.74, 6) is 2.07. The van der Waals surface area contributed by atoms with Gasteiger partial charge in [0.15, 0.2) is 5.82 Å². The molecule has 4 rings (SSSR count). The van der Waals surface area contributed by atoms with Crippen molar-refractivity contribution in [2.24, 2.45) is 7.05 Å². The number of anilines is 1. The highest BCUT2D eigenvalue weighted by Crippen LogP contribution is 2.33. The number of ether oxygens (including phenoxy) is 1. The third-order valence-corrected chi connectivity index (χ3v) is 3.91. The Morgan fingerprint density at radius 3 is 2.68 bits per heavy atom. The fraction of sp³-hybridized carbons (Fsp3) is 0.176. The first-order valence-electron chi connectivity index (χ1n) is 7.83. The number of hydrogen-bond donors (Lipinski definition) is 1. The Kier molecular flexibility index (Phi) is 3.57. The number of nitrogens with zero attached hydrogens (tertiary/aromatic N) is 6. The lowest BCUT2D eigenvalue weighted by Gasteiger charge is -2.10. The van der Waals surface area contributed by atoms with Crippen molar-refractivity contribution in [3.63, 3.8) is 0 Å². The number of hydrogen-bond acceptors (Lipinski definition) is 6. The second-order valence-electron chi connectivity index (χ2n) is 5.58. The van der Waals surface area contributed by atoms with Gasteiger partial charge in [0.1, 0.15) is 11.4 Å². The number of benzene rings is 1. The van der Waals surface area contributed by atoms with Gasteiger partial charge in [-0.25, -0.2) is 4.68 Å². The molecule has 0 amide bonds. The molecule has 25 heavy (non-hydrogen) atoms. The van der Waals surface area contributed by atoms with E-state index in [-0.39, 0.29) is 0 Å². The molecule has 0 saturated heterocycles. The highest BCUT2D eigenvalue weighted by molar-refractivity contribution is 5.75. The van der Waals surface area contributed by atoms with Crippen molar-refractivity contribution in [1.82, 2.24) is 29.6 Å². The van der Waals surface area contributed by atoms with Gasteiger partial charge in [0, 0.05) is 14.1 Å². The van der Waals surface area contributed by atoms with Crippen LogP contribution in [0.1, 0.15) is 5.82 Å². The van der Waals surface area contributed by atoms with Crippen LogP contribution in [0.15, 0.2) is 42.6 Å². The highest BCUT2D eigenvalue weighted by atomic mass is 16.5. The molecule has 8 nitrogen and oxygen atoms in total. The van der Waals surface area contributed by atoms with Crippen molar-refractivity contribution >= 4 is 11.3 Å². The number of para-hydroxylation sites is 1. The van der Waals surface area contributed by atoms with Gasteiger partial charge in [0.25, 0.3) is 0 Å². The molecule has 0 aliphatic carbocycles. The van der Waals surface area contributed by atoms with E-state index in [2.05, 4.69) is 25.7 Å². The normalized spacial score (nSPS) is 11.0. The van der Waals surface area contributed by atoms with Gasteiger partial charge in [-0.2, -0.15) is 14.7 Å². The molecular weight excluding hydrogens is 318 g/mol. The molecule has 4 aromatic rings. The summed E-state index contributed by atoms with van der Waals surface area (Å²) in [7, 11) is 3.68. The van der Waals surface area contributed by atoms with Crippen molar-refractivity contribution in [2.75, 3.05) is 12.4 Å². The van der Waals surface area contributed by atoms with Crippen LogP contribution in [0.25, 0.3) is 16.9 Å². The average molecular weight is 335 g/mol. The molecule has 0 bridgehead atoms. The Morgan fingerprint density at radius 1 is 1.12 bits per heavy atom. The minimum Gasteiger partial charge on any atom is -0.439 e. The third-order valence-electron chi connectivity index (χ3n) is 3.91. The zero-order valence-electron chi connectivity index (χ0n) is 14.1. The number of fused-ring (bicyclic) bond motifs is 1. The van der Waals surface area contributed by atoms with Crippen LogP contribution in [-0.2, 0) is 7.05 Å². The Labute approximate surface area is 144 Å². The quantitative estimate of drug-likeness (QED) is 0.617. The van der Waals surface area contributed by atoms with E-state index in [1.54, 1.807) is 15.4 Å². The van der Waals surface area contributed by atoms with E-state index in [4.69, 9.17) is 4.74 Å². The highest BCUT2D eigenvalue weighted by Gasteiger charge is 2.18. The Morgan fingerprint density at radius 2 is 1.92 bits per heavy atom. The van der Waals surface area contributed by atoms with Gasteiger partial charge in [-0.15, -0.1) is 10.2 Å². The molecule has 8 heteroatoms. The number of aromatic nitrogens is 6. The largest absolute Gasteiger partial charge is 0.439 e. The summed E-state index contributed by atoms with van der Waals surface area (Å²) >= 11 is 0. The second kappa shape index (κ2) is 5.90. The molecule has 0 aliphatic heterocycles. The van der Waals surface area contributed by atoms with Gasteiger partial charge in [-0.05, 0) is 25.1 Å². The van der Waals surface area contributed by atoms with Crippen LogP contribution < -0.4 is 10.1 Å². The topological polar surface area (TPSA) is 82.2 Å². The second-order valence-corrected chi connectivity index (χ2v) is 5.58. The Bertz CT molecular complexity index is 1040. The molecule has 3 heterocycles. The maximum atomic E-state index is 6.03. The summed E-state index contributed by atoms with van der Waals surface area (Å²) in [6, 6.07) is 11.5. The zero-order valence-corrected chi connectivity index (χ0v) is 14.1. The van der Waals surface area contributed by atoms with E-state index in [0.717, 1.165) is 22.7 Å². The third kappa shape index (κ3) is 2.57. The van der Waals surface area contributed by atoms with Crippen LogP contribution in [0.3, 0.4) is 0 Å². The lowest BCUT2D eigenvalue weighted by Crippen LogP contribution is -2.02. The summed E-state index contributed by atoms with van der Waals surface area (Å²) in [4.78, 5) is 0. The summed E-state index contributed by atoms with van der Waals surface area (Å²) in [6.07, 6.45) is 1.74. The summed E-state index contributed by atoms with van der Waals surface area (Å²) in [6.45, 7) is 1.86. The predicted octanol–water partition coefficient (Wildman–Crippen LogP) is 2.67. The van der Waals surface area contributed by atoms with E-state index in [1.807, 2.05) is 57.4 Å².